The van der Waals surface area contributed by atoms with E-state index in [1.54, 1.807) is 6.92 Å². The molecular formula is C7H7BrN2O3. The molecule has 0 aromatic carbocycles. The fraction of sp³-hybridized carbons (Fsp3) is 0.286. The zero-order valence-electron chi connectivity index (χ0n) is 6.83. The van der Waals surface area contributed by atoms with Gasteiger partial charge in [-0.1, -0.05) is 0 Å². The standard InChI is InChI=1S/C7H7BrN2O3/c1-2-13-7(12)5-6(11)9-3-4(8)10-5/h3H,2H2,1H3,(H,9,11). The Labute approximate surface area is 82.3 Å². The lowest BCUT2D eigenvalue weighted by Gasteiger charge is -1.99. The fourth-order valence-electron chi connectivity index (χ4n) is 0.721. The number of halogens is 1. The van der Waals surface area contributed by atoms with Crippen molar-refractivity contribution in [3.63, 3.8) is 0 Å². The Bertz CT molecular complexity index is 374. The van der Waals surface area contributed by atoms with Crippen LogP contribution in [0.3, 0.4) is 0 Å². The maximum absolute atomic E-state index is 11.1. The smallest absolute Gasteiger partial charge is 0.362 e. The molecule has 0 radical (unpaired) electrons. The van der Waals surface area contributed by atoms with Crippen LogP contribution in [-0.4, -0.2) is 22.5 Å². The molecule has 0 saturated heterocycles. The van der Waals surface area contributed by atoms with Crippen molar-refractivity contribution in [2.75, 3.05) is 6.61 Å². The van der Waals surface area contributed by atoms with Crippen molar-refractivity contribution in [2.45, 2.75) is 6.92 Å². The van der Waals surface area contributed by atoms with E-state index in [0.717, 1.165) is 0 Å². The minimum absolute atomic E-state index is 0.215. The number of esters is 1. The second-order valence-electron chi connectivity index (χ2n) is 2.12. The van der Waals surface area contributed by atoms with Crippen LogP contribution in [0.5, 0.6) is 0 Å². The fourth-order valence-corrected chi connectivity index (χ4v) is 1.01. The van der Waals surface area contributed by atoms with E-state index in [0.29, 0.717) is 4.60 Å². The summed E-state index contributed by atoms with van der Waals surface area (Å²) >= 11 is 3.03. The molecule has 6 heteroatoms. The number of ether oxygens (including phenoxy) is 1. The third kappa shape index (κ3) is 2.38. The number of H-pyrrole nitrogens is 1. The summed E-state index contributed by atoms with van der Waals surface area (Å²) in [6.07, 6.45) is 1.35. The average molecular weight is 247 g/mol. The third-order valence-corrected chi connectivity index (χ3v) is 1.63. The zero-order valence-corrected chi connectivity index (χ0v) is 8.42. The molecule has 13 heavy (non-hydrogen) atoms. The predicted octanol–water partition coefficient (Wildman–Crippen LogP) is 0.709. The van der Waals surface area contributed by atoms with E-state index in [1.165, 1.54) is 6.20 Å². The highest BCUT2D eigenvalue weighted by Gasteiger charge is 2.13. The van der Waals surface area contributed by atoms with Gasteiger partial charge in [-0.2, -0.15) is 0 Å². The lowest BCUT2D eigenvalue weighted by Crippen LogP contribution is -2.21. The second-order valence-corrected chi connectivity index (χ2v) is 2.93. The minimum Gasteiger partial charge on any atom is -0.461 e. The van der Waals surface area contributed by atoms with Gasteiger partial charge in [-0.15, -0.1) is 0 Å². The van der Waals surface area contributed by atoms with Crippen molar-refractivity contribution in [1.29, 1.82) is 0 Å². The zero-order chi connectivity index (χ0) is 9.84. The number of nitrogens with zero attached hydrogens (tertiary/aromatic N) is 1. The summed E-state index contributed by atoms with van der Waals surface area (Å²) in [5.74, 6) is -0.718. The molecule has 0 spiro atoms. The first-order valence-electron chi connectivity index (χ1n) is 3.57. The first-order chi connectivity index (χ1) is 6.15. The Morgan fingerprint density at radius 3 is 3.08 bits per heavy atom. The molecule has 5 nitrogen and oxygen atoms in total. The van der Waals surface area contributed by atoms with Crippen LogP contribution >= 0.6 is 15.9 Å². The van der Waals surface area contributed by atoms with Gasteiger partial charge in [0.25, 0.3) is 5.56 Å². The molecule has 0 saturated carbocycles. The van der Waals surface area contributed by atoms with E-state index in [4.69, 9.17) is 0 Å². The first-order valence-corrected chi connectivity index (χ1v) is 4.36. The molecule has 0 aliphatic rings. The average Bonchev–Trinajstić information content (AvgIpc) is 2.09. The number of hydrogen-bond donors (Lipinski definition) is 1. The third-order valence-electron chi connectivity index (χ3n) is 1.22. The number of carbonyl (C=O) groups is 1. The largest absolute Gasteiger partial charge is 0.461 e. The van der Waals surface area contributed by atoms with Crippen LogP contribution < -0.4 is 5.56 Å². The van der Waals surface area contributed by atoms with Crippen LogP contribution in [0.25, 0.3) is 0 Å². The number of rotatable bonds is 2. The second kappa shape index (κ2) is 4.18. The summed E-state index contributed by atoms with van der Waals surface area (Å²) in [5.41, 5.74) is -0.794. The molecule has 0 amide bonds. The van der Waals surface area contributed by atoms with Crippen molar-refractivity contribution in [2.24, 2.45) is 0 Å². The number of carbonyl (C=O) groups excluding carboxylic acids is 1. The molecular weight excluding hydrogens is 240 g/mol. The summed E-state index contributed by atoms with van der Waals surface area (Å²) in [6.45, 7) is 1.87. The molecule has 0 aliphatic heterocycles. The van der Waals surface area contributed by atoms with E-state index in [1.807, 2.05) is 0 Å². The lowest BCUT2D eigenvalue weighted by atomic mass is 10.4. The van der Waals surface area contributed by atoms with Crippen LogP contribution in [0.1, 0.15) is 17.4 Å². The summed E-state index contributed by atoms with van der Waals surface area (Å²) < 4.78 is 5.01. The van der Waals surface area contributed by atoms with Crippen LogP contribution in [0, 0.1) is 0 Å². The van der Waals surface area contributed by atoms with Gasteiger partial charge in [-0.05, 0) is 22.9 Å². The molecule has 0 aliphatic carbocycles. The Morgan fingerprint density at radius 1 is 1.77 bits per heavy atom. The molecule has 0 bridgehead atoms. The topological polar surface area (TPSA) is 72.0 Å². The highest BCUT2D eigenvalue weighted by atomic mass is 79.9. The molecule has 1 aromatic heterocycles. The molecule has 1 heterocycles. The van der Waals surface area contributed by atoms with E-state index in [-0.39, 0.29) is 12.3 Å². The number of aromatic amines is 1. The SMILES string of the molecule is CCOC(=O)c1nc(Br)c[nH]c1=O. The first kappa shape index (κ1) is 9.91. The Kier molecular flexibility index (Phi) is 3.18. The van der Waals surface area contributed by atoms with Gasteiger partial charge in [-0.3, -0.25) is 4.79 Å². The van der Waals surface area contributed by atoms with Gasteiger partial charge in [0.05, 0.1) is 6.61 Å². The Morgan fingerprint density at radius 2 is 2.46 bits per heavy atom. The summed E-state index contributed by atoms with van der Waals surface area (Å²) in [4.78, 5) is 28.2. The van der Waals surface area contributed by atoms with Crippen LogP contribution in [0.4, 0.5) is 0 Å². The van der Waals surface area contributed by atoms with E-state index in [9.17, 15) is 9.59 Å². The van der Waals surface area contributed by atoms with Crippen LogP contribution in [0.2, 0.25) is 0 Å². The monoisotopic (exact) mass is 246 g/mol. The maximum atomic E-state index is 11.1. The van der Waals surface area contributed by atoms with Gasteiger partial charge in [0, 0.05) is 6.20 Å². The normalized spacial score (nSPS) is 9.69. The molecule has 0 fully saturated rings. The van der Waals surface area contributed by atoms with Crippen molar-refractivity contribution < 1.29 is 9.53 Å². The van der Waals surface area contributed by atoms with Crippen LogP contribution in [0.15, 0.2) is 15.6 Å². The Balaban J connectivity index is 3.06. The number of aromatic nitrogens is 2. The van der Waals surface area contributed by atoms with Gasteiger partial charge < -0.3 is 9.72 Å². The number of hydrogen-bond acceptors (Lipinski definition) is 4. The van der Waals surface area contributed by atoms with Gasteiger partial charge in [0.1, 0.15) is 4.60 Å². The molecule has 1 rings (SSSR count). The molecule has 0 unspecified atom stereocenters. The molecule has 1 N–H and O–H groups in total. The molecule has 70 valence electrons. The highest BCUT2D eigenvalue weighted by molar-refractivity contribution is 9.10. The van der Waals surface area contributed by atoms with Crippen molar-refractivity contribution in [1.82, 2.24) is 9.97 Å². The van der Waals surface area contributed by atoms with Crippen LogP contribution in [-0.2, 0) is 4.74 Å². The minimum atomic E-state index is -0.718. The lowest BCUT2D eigenvalue weighted by molar-refractivity contribution is 0.0517. The van der Waals surface area contributed by atoms with Crippen molar-refractivity contribution in [3.8, 4) is 0 Å². The Hall–Kier alpha value is -1.17. The maximum Gasteiger partial charge on any atom is 0.362 e. The summed E-state index contributed by atoms with van der Waals surface area (Å²) in [5, 5.41) is 0. The predicted molar refractivity (Wildman–Crippen MR) is 48.5 cm³/mol. The van der Waals surface area contributed by atoms with E-state index >= 15 is 0 Å². The van der Waals surface area contributed by atoms with Crippen molar-refractivity contribution in [3.05, 3.63) is 26.8 Å². The van der Waals surface area contributed by atoms with Crippen molar-refractivity contribution >= 4 is 21.9 Å². The van der Waals surface area contributed by atoms with Gasteiger partial charge in [0.2, 0.25) is 5.69 Å². The van der Waals surface area contributed by atoms with E-state index in [2.05, 4.69) is 30.6 Å². The van der Waals surface area contributed by atoms with Gasteiger partial charge in [-0.25, -0.2) is 9.78 Å². The molecule has 0 atom stereocenters. The number of nitrogens with one attached hydrogen (secondary N) is 1. The van der Waals surface area contributed by atoms with Gasteiger partial charge >= 0.3 is 5.97 Å². The van der Waals surface area contributed by atoms with Gasteiger partial charge in [0.15, 0.2) is 0 Å². The summed E-state index contributed by atoms with van der Waals surface area (Å²) in [7, 11) is 0. The summed E-state index contributed by atoms with van der Waals surface area (Å²) in [6, 6.07) is 0. The van der Waals surface area contributed by atoms with E-state index < -0.39 is 11.5 Å². The highest BCUT2D eigenvalue weighted by Crippen LogP contribution is 2.01. The quantitative estimate of drug-likeness (QED) is 0.781. The molecule has 1 aromatic rings.